The van der Waals surface area contributed by atoms with E-state index in [9.17, 15) is 5.11 Å². The summed E-state index contributed by atoms with van der Waals surface area (Å²) >= 11 is 3.48. The zero-order valence-electron chi connectivity index (χ0n) is 9.79. The molecule has 1 aromatic heterocycles. The minimum absolute atomic E-state index is 0.0445. The van der Waals surface area contributed by atoms with Crippen LogP contribution in [-0.4, -0.2) is 23.3 Å². The number of aliphatic hydroxyl groups excluding tert-OH is 1. The van der Waals surface area contributed by atoms with Gasteiger partial charge >= 0.3 is 0 Å². The van der Waals surface area contributed by atoms with Gasteiger partial charge < -0.3 is 9.84 Å². The summed E-state index contributed by atoms with van der Waals surface area (Å²) in [4.78, 5) is 3.98. The maximum Gasteiger partial charge on any atom is 0.137 e. The van der Waals surface area contributed by atoms with Crippen LogP contribution in [-0.2, 0) is 0 Å². The highest BCUT2D eigenvalue weighted by atomic mass is 79.9. The Bertz CT molecular complexity index is 490. The summed E-state index contributed by atoms with van der Waals surface area (Å²) in [5, 5.41) is 9.47. The summed E-state index contributed by atoms with van der Waals surface area (Å²) < 4.78 is 6.61. The molecular formula is C14H14BrNO2. The van der Waals surface area contributed by atoms with E-state index in [-0.39, 0.29) is 12.5 Å². The van der Waals surface area contributed by atoms with Gasteiger partial charge in [0, 0.05) is 16.6 Å². The molecule has 4 heteroatoms. The van der Waals surface area contributed by atoms with E-state index in [0.717, 1.165) is 10.0 Å². The average molecular weight is 308 g/mol. The Kier molecular flexibility index (Phi) is 4.73. The molecule has 18 heavy (non-hydrogen) atoms. The summed E-state index contributed by atoms with van der Waals surface area (Å²) in [5.41, 5.74) is 1.05. The van der Waals surface area contributed by atoms with Crippen LogP contribution in [0.2, 0.25) is 0 Å². The number of benzene rings is 1. The number of pyridine rings is 1. The number of aromatic nitrogens is 1. The van der Waals surface area contributed by atoms with Crippen LogP contribution in [0.5, 0.6) is 5.75 Å². The third-order valence-electron chi connectivity index (χ3n) is 2.65. The maximum atomic E-state index is 9.47. The van der Waals surface area contributed by atoms with Crippen LogP contribution in [0, 0.1) is 0 Å². The number of ether oxygens (including phenoxy) is 1. The van der Waals surface area contributed by atoms with Crippen LogP contribution in [0.25, 0.3) is 0 Å². The molecule has 0 bridgehead atoms. The highest BCUT2D eigenvalue weighted by molar-refractivity contribution is 9.10. The van der Waals surface area contributed by atoms with Crippen LogP contribution >= 0.6 is 15.9 Å². The van der Waals surface area contributed by atoms with Gasteiger partial charge in [-0.15, -0.1) is 0 Å². The predicted octanol–water partition coefficient (Wildman–Crippen LogP) is 3.00. The average Bonchev–Trinajstić information content (AvgIpc) is 2.42. The second-order valence-electron chi connectivity index (χ2n) is 3.90. The molecule has 1 N–H and O–H groups in total. The fraction of sp³-hybridized carbons (Fsp3) is 0.214. The number of aliphatic hydroxyl groups is 1. The van der Waals surface area contributed by atoms with Crippen LogP contribution in [0.1, 0.15) is 11.5 Å². The molecule has 0 aliphatic carbocycles. The molecule has 0 aliphatic heterocycles. The molecule has 0 saturated carbocycles. The van der Waals surface area contributed by atoms with Gasteiger partial charge in [0.25, 0.3) is 0 Å². The van der Waals surface area contributed by atoms with Gasteiger partial charge in [-0.1, -0.05) is 34.1 Å². The first-order chi connectivity index (χ1) is 8.81. The Morgan fingerprint density at radius 2 is 2.06 bits per heavy atom. The molecule has 0 fully saturated rings. The summed E-state index contributed by atoms with van der Waals surface area (Å²) in [5.74, 6) is 0.656. The van der Waals surface area contributed by atoms with E-state index in [2.05, 4.69) is 20.9 Å². The molecule has 1 heterocycles. The van der Waals surface area contributed by atoms with Crippen molar-refractivity contribution in [3.8, 4) is 5.75 Å². The van der Waals surface area contributed by atoms with E-state index in [1.807, 2.05) is 36.4 Å². The number of hydrogen-bond acceptors (Lipinski definition) is 3. The lowest BCUT2D eigenvalue weighted by Crippen LogP contribution is -2.14. The molecule has 1 atom stereocenters. The second-order valence-corrected chi connectivity index (χ2v) is 4.76. The Morgan fingerprint density at radius 3 is 2.72 bits per heavy atom. The lowest BCUT2D eigenvalue weighted by atomic mass is 10.0. The van der Waals surface area contributed by atoms with Crippen molar-refractivity contribution < 1.29 is 9.84 Å². The Labute approximate surface area is 115 Å². The molecule has 0 amide bonds. The van der Waals surface area contributed by atoms with Crippen molar-refractivity contribution in [1.29, 1.82) is 0 Å². The van der Waals surface area contributed by atoms with Gasteiger partial charge in [0.15, 0.2) is 0 Å². The van der Waals surface area contributed by atoms with Crippen molar-refractivity contribution in [3.63, 3.8) is 0 Å². The van der Waals surface area contributed by atoms with Crippen LogP contribution in [0.3, 0.4) is 0 Å². The summed E-state index contributed by atoms with van der Waals surface area (Å²) in [6.07, 6.45) is 3.36. The van der Waals surface area contributed by atoms with Crippen molar-refractivity contribution in [2.45, 2.75) is 5.92 Å². The third kappa shape index (κ3) is 3.31. The summed E-state index contributed by atoms with van der Waals surface area (Å²) in [6.45, 7) is 0.466. The lowest BCUT2D eigenvalue weighted by molar-refractivity contribution is 0.204. The van der Waals surface area contributed by atoms with E-state index >= 15 is 0 Å². The Morgan fingerprint density at radius 1 is 1.22 bits per heavy atom. The largest absolute Gasteiger partial charge is 0.491 e. The van der Waals surface area contributed by atoms with Gasteiger partial charge in [-0.25, -0.2) is 0 Å². The molecular weight excluding hydrogens is 294 g/mol. The van der Waals surface area contributed by atoms with Crippen molar-refractivity contribution in [3.05, 3.63) is 58.8 Å². The fourth-order valence-electron chi connectivity index (χ4n) is 1.68. The quantitative estimate of drug-likeness (QED) is 0.923. The minimum atomic E-state index is -0.0548. The third-order valence-corrected chi connectivity index (χ3v) is 3.37. The molecule has 0 aliphatic rings. The SMILES string of the molecule is OCC(COc1cccnc1)c1ccccc1Br. The molecule has 0 spiro atoms. The number of rotatable bonds is 5. The zero-order chi connectivity index (χ0) is 12.8. The molecule has 1 unspecified atom stereocenters. The van der Waals surface area contributed by atoms with Crippen LogP contribution in [0.15, 0.2) is 53.3 Å². The molecule has 1 aromatic carbocycles. The summed E-state index contributed by atoms with van der Waals surface area (Å²) in [7, 11) is 0. The number of hydrogen-bond donors (Lipinski definition) is 1. The van der Waals surface area contributed by atoms with Gasteiger partial charge in [0.05, 0.1) is 19.4 Å². The van der Waals surface area contributed by atoms with Gasteiger partial charge in [-0.2, -0.15) is 0 Å². The normalized spacial score (nSPS) is 12.1. The first kappa shape index (κ1) is 13.1. The topological polar surface area (TPSA) is 42.4 Å². The number of halogens is 1. The second kappa shape index (κ2) is 6.52. The predicted molar refractivity (Wildman–Crippen MR) is 73.7 cm³/mol. The van der Waals surface area contributed by atoms with Gasteiger partial charge in [0.2, 0.25) is 0 Å². The minimum Gasteiger partial charge on any atom is -0.491 e. The lowest BCUT2D eigenvalue weighted by Gasteiger charge is -2.16. The maximum absolute atomic E-state index is 9.47. The number of nitrogens with zero attached hydrogens (tertiary/aromatic N) is 1. The molecule has 0 radical (unpaired) electrons. The fourth-order valence-corrected chi connectivity index (χ4v) is 2.28. The van der Waals surface area contributed by atoms with E-state index in [0.29, 0.717) is 12.4 Å². The Balaban J connectivity index is 2.04. The summed E-state index contributed by atoms with van der Waals surface area (Å²) in [6, 6.07) is 11.5. The van der Waals surface area contributed by atoms with Gasteiger partial charge in [-0.3, -0.25) is 4.98 Å². The molecule has 94 valence electrons. The molecule has 3 nitrogen and oxygen atoms in total. The molecule has 2 rings (SSSR count). The van der Waals surface area contributed by atoms with Crippen molar-refractivity contribution in [2.75, 3.05) is 13.2 Å². The highest BCUT2D eigenvalue weighted by Gasteiger charge is 2.14. The first-order valence-electron chi connectivity index (χ1n) is 5.69. The Hall–Kier alpha value is -1.39. The molecule has 0 saturated heterocycles. The van der Waals surface area contributed by atoms with Gasteiger partial charge in [-0.05, 0) is 23.8 Å². The van der Waals surface area contributed by atoms with Crippen molar-refractivity contribution in [1.82, 2.24) is 4.98 Å². The standard InChI is InChI=1S/C14H14BrNO2/c15-14-6-2-1-5-13(14)11(9-17)10-18-12-4-3-7-16-8-12/h1-8,11,17H,9-10H2. The van der Waals surface area contributed by atoms with Crippen LogP contribution in [0.4, 0.5) is 0 Å². The van der Waals surface area contributed by atoms with Gasteiger partial charge in [0.1, 0.15) is 5.75 Å². The smallest absolute Gasteiger partial charge is 0.137 e. The monoisotopic (exact) mass is 307 g/mol. The van der Waals surface area contributed by atoms with E-state index in [4.69, 9.17) is 4.74 Å². The van der Waals surface area contributed by atoms with E-state index in [1.165, 1.54) is 0 Å². The van der Waals surface area contributed by atoms with Crippen molar-refractivity contribution >= 4 is 15.9 Å². The first-order valence-corrected chi connectivity index (χ1v) is 6.48. The van der Waals surface area contributed by atoms with E-state index < -0.39 is 0 Å². The molecule has 2 aromatic rings. The highest BCUT2D eigenvalue weighted by Crippen LogP contribution is 2.25. The zero-order valence-corrected chi connectivity index (χ0v) is 11.4. The van der Waals surface area contributed by atoms with Crippen LogP contribution < -0.4 is 4.74 Å². The van der Waals surface area contributed by atoms with E-state index in [1.54, 1.807) is 12.4 Å². The van der Waals surface area contributed by atoms with Crippen molar-refractivity contribution in [2.24, 2.45) is 0 Å².